The molecule has 0 aliphatic heterocycles. The number of amides is 1. The van der Waals surface area contributed by atoms with Gasteiger partial charge in [0, 0.05) is 11.9 Å². The second kappa shape index (κ2) is 9.87. The molecule has 2 heterocycles. The molecule has 1 amide bonds. The summed E-state index contributed by atoms with van der Waals surface area (Å²) in [4.78, 5) is 36.4. The Morgan fingerprint density at radius 2 is 2.16 bits per heavy atom. The van der Waals surface area contributed by atoms with Crippen LogP contribution < -0.4 is 10.3 Å². The first kappa shape index (κ1) is 21.9. The molecule has 0 atom stereocenters. The van der Waals surface area contributed by atoms with Gasteiger partial charge < -0.3 is 14.6 Å². The molecule has 2 aromatic heterocycles. The van der Waals surface area contributed by atoms with E-state index < -0.39 is 0 Å². The number of carbonyl (C=O) groups excluding carboxylic acids is 1. The van der Waals surface area contributed by atoms with Crippen molar-refractivity contribution in [3.05, 3.63) is 56.4 Å². The summed E-state index contributed by atoms with van der Waals surface area (Å²) >= 11 is 3.12. The van der Waals surface area contributed by atoms with Crippen LogP contribution in [0.25, 0.3) is 10.2 Å². The average molecular weight is 458 g/mol. The molecule has 0 saturated heterocycles. The summed E-state index contributed by atoms with van der Waals surface area (Å²) < 4.78 is 5.72. The van der Waals surface area contributed by atoms with Gasteiger partial charge in [-0.05, 0) is 55.9 Å². The Morgan fingerprint density at radius 1 is 1.32 bits per heavy atom. The molecule has 0 spiro atoms. The molecule has 1 aliphatic carbocycles. The lowest BCUT2D eigenvalue weighted by Crippen LogP contribution is -2.32. The highest BCUT2D eigenvalue weighted by Crippen LogP contribution is 2.33. The minimum absolute atomic E-state index is 0.0351. The molecule has 31 heavy (non-hydrogen) atoms. The predicted octanol–water partition coefficient (Wildman–Crippen LogP) is 3.94. The average Bonchev–Trinajstić information content (AvgIpc) is 3.12. The van der Waals surface area contributed by atoms with E-state index >= 15 is 0 Å². The monoisotopic (exact) mass is 457 g/mol. The maximum atomic E-state index is 12.6. The number of ether oxygens (including phenoxy) is 1. The zero-order valence-corrected chi connectivity index (χ0v) is 19.5. The second-order valence-electron chi connectivity index (χ2n) is 7.88. The molecular weight excluding hydrogens is 430 g/mol. The lowest BCUT2D eigenvalue weighted by Gasteiger charge is -2.17. The molecule has 0 fully saturated rings. The molecule has 0 bridgehead atoms. The molecule has 3 aromatic rings. The summed E-state index contributed by atoms with van der Waals surface area (Å²) in [5.74, 6) is 2.33. The number of likely N-dealkylation sites (N-methyl/N-ethyl adjacent to an activating group) is 1. The molecule has 0 saturated carbocycles. The minimum Gasteiger partial charge on any atom is -0.492 e. The highest BCUT2D eigenvalue weighted by molar-refractivity contribution is 7.99. The number of H-pyrrole nitrogens is 1. The second-order valence-corrected chi connectivity index (χ2v) is 9.95. The van der Waals surface area contributed by atoms with Crippen molar-refractivity contribution >= 4 is 39.2 Å². The number of thiophene rings is 1. The predicted molar refractivity (Wildman–Crippen MR) is 127 cm³/mol. The van der Waals surface area contributed by atoms with Gasteiger partial charge in [0.15, 0.2) is 0 Å². The van der Waals surface area contributed by atoms with Crippen LogP contribution in [0.3, 0.4) is 0 Å². The molecule has 1 aromatic carbocycles. The summed E-state index contributed by atoms with van der Waals surface area (Å²) in [6, 6.07) is 7.87. The Hall–Kier alpha value is -2.32. The number of thioether (sulfide) groups is 1. The normalized spacial score (nSPS) is 13.2. The third kappa shape index (κ3) is 5.30. The van der Waals surface area contributed by atoms with Crippen molar-refractivity contribution in [1.82, 2.24) is 14.9 Å². The third-order valence-electron chi connectivity index (χ3n) is 5.45. The van der Waals surface area contributed by atoms with Gasteiger partial charge in [-0.1, -0.05) is 12.1 Å². The van der Waals surface area contributed by atoms with E-state index in [4.69, 9.17) is 4.74 Å². The summed E-state index contributed by atoms with van der Waals surface area (Å²) in [5, 5.41) is 0.776. The number of hydrogen-bond donors (Lipinski definition) is 1. The summed E-state index contributed by atoms with van der Waals surface area (Å²) in [7, 11) is 1.78. The van der Waals surface area contributed by atoms with Gasteiger partial charge in [-0.25, -0.2) is 4.98 Å². The quantitative estimate of drug-likeness (QED) is 0.555. The number of hydrogen-bond acceptors (Lipinski definition) is 6. The molecular formula is C23H27N3O3S2. The van der Waals surface area contributed by atoms with E-state index in [1.807, 2.05) is 31.2 Å². The van der Waals surface area contributed by atoms with Gasteiger partial charge in [0.25, 0.3) is 5.56 Å². The van der Waals surface area contributed by atoms with Gasteiger partial charge in [0.2, 0.25) is 5.91 Å². The third-order valence-corrected chi connectivity index (χ3v) is 7.56. The molecule has 4 rings (SSSR count). The molecule has 164 valence electrons. The number of nitrogens with one attached hydrogen (secondary N) is 1. The molecule has 6 nitrogen and oxygen atoms in total. The first-order valence-electron chi connectivity index (χ1n) is 10.6. The minimum atomic E-state index is -0.0447. The van der Waals surface area contributed by atoms with Crippen LogP contribution in [-0.4, -0.2) is 46.7 Å². The van der Waals surface area contributed by atoms with Crippen LogP contribution in [0.5, 0.6) is 5.75 Å². The lowest BCUT2D eigenvalue weighted by molar-refractivity contribution is -0.127. The van der Waals surface area contributed by atoms with E-state index in [0.29, 0.717) is 30.5 Å². The van der Waals surface area contributed by atoms with E-state index in [1.165, 1.54) is 28.6 Å². The van der Waals surface area contributed by atoms with E-state index in [2.05, 4.69) is 9.97 Å². The Labute approximate surface area is 190 Å². The van der Waals surface area contributed by atoms with Crippen LogP contribution in [0.15, 0.2) is 29.1 Å². The summed E-state index contributed by atoms with van der Waals surface area (Å²) in [6.07, 6.45) is 4.35. The number of aromatic nitrogens is 2. The summed E-state index contributed by atoms with van der Waals surface area (Å²) in [6.45, 7) is 2.99. The van der Waals surface area contributed by atoms with E-state index in [-0.39, 0.29) is 11.5 Å². The van der Waals surface area contributed by atoms with Crippen molar-refractivity contribution in [2.24, 2.45) is 0 Å². The lowest BCUT2D eigenvalue weighted by atomic mass is 9.97. The fraction of sp³-hybridized carbons (Fsp3) is 0.435. The Balaban J connectivity index is 1.27. The van der Waals surface area contributed by atoms with Gasteiger partial charge in [0.05, 0.1) is 23.4 Å². The maximum Gasteiger partial charge on any atom is 0.259 e. The van der Waals surface area contributed by atoms with E-state index in [1.54, 1.807) is 23.3 Å². The van der Waals surface area contributed by atoms with Crippen LogP contribution in [0.1, 0.15) is 34.7 Å². The van der Waals surface area contributed by atoms with Crippen molar-refractivity contribution in [3.8, 4) is 5.75 Å². The highest BCUT2D eigenvalue weighted by atomic mass is 32.2. The fourth-order valence-corrected chi connectivity index (χ4v) is 5.86. The number of aromatic amines is 1. The number of carbonyl (C=O) groups is 1. The van der Waals surface area contributed by atoms with Crippen molar-refractivity contribution in [2.45, 2.75) is 38.4 Å². The van der Waals surface area contributed by atoms with Crippen LogP contribution in [0, 0.1) is 6.92 Å². The van der Waals surface area contributed by atoms with Gasteiger partial charge in [-0.3, -0.25) is 9.59 Å². The van der Waals surface area contributed by atoms with Crippen molar-refractivity contribution in [2.75, 3.05) is 26.0 Å². The highest BCUT2D eigenvalue weighted by Gasteiger charge is 2.20. The van der Waals surface area contributed by atoms with Crippen molar-refractivity contribution < 1.29 is 9.53 Å². The Bertz CT molecular complexity index is 1140. The molecule has 8 heteroatoms. The number of nitrogens with zero attached hydrogens (tertiary/aromatic N) is 2. The molecule has 1 aliphatic rings. The van der Waals surface area contributed by atoms with Crippen LogP contribution in [0.4, 0.5) is 0 Å². The maximum absolute atomic E-state index is 12.6. The standard InChI is InChI=1S/C23H27N3O3S2/c1-15-6-5-7-16(12-15)29-11-10-26(2)20(27)14-30-13-19-24-22(28)21-17-8-3-4-9-18(17)31-23(21)25-19/h5-7,12H,3-4,8-11,13-14H2,1-2H3,(H,24,25,28). The SMILES string of the molecule is Cc1cccc(OCCN(C)C(=O)CSCc2nc3sc4c(c3c(=O)[nH]2)CCCC4)c1. The summed E-state index contributed by atoms with van der Waals surface area (Å²) in [5.41, 5.74) is 2.30. The van der Waals surface area contributed by atoms with Crippen LogP contribution in [0.2, 0.25) is 0 Å². The number of fused-ring (bicyclic) bond motifs is 3. The first-order chi connectivity index (χ1) is 15.0. The largest absolute Gasteiger partial charge is 0.492 e. The number of aryl methyl sites for hydroxylation is 3. The fourth-order valence-electron chi connectivity index (χ4n) is 3.75. The van der Waals surface area contributed by atoms with E-state index in [9.17, 15) is 9.59 Å². The van der Waals surface area contributed by atoms with E-state index in [0.717, 1.165) is 40.8 Å². The molecule has 0 radical (unpaired) electrons. The van der Waals surface area contributed by atoms with Gasteiger partial charge >= 0.3 is 0 Å². The van der Waals surface area contributed by atoms with Crippen molar-refractivity contribution in [3.63, 3.8) is 0 Å². The van der Waals surface area contributed by atoms with Crippen LogP contribution >= 0.6 is 23.1 Å². The Kier molecular flexibility index (Phi) is 6.97. The van der Waals surface area contributed by atoms with Crippen molar-refractivity contribution in [1.29, 1.82) is 0 Å². The topological polar surface area (TPSA) is 75.3 Å². The zero-order valence-electron chi connectivity index (χ0n) is 17.9. The van der Waals surface area contributed by atoms with Crippen LogP contribution in [-0.2, 0) is 23.4 Å². The smallest absolute Gasteiger partial charge is 0.259 e. The van der Waals surface area contributed by atoms with Gasteiger partial charge in [0.1, 0.15) is 23.0 Å². The van der Waals surface area contributed by atoms with Gasteiger partial charge in [-0.15, -0.1) is 23.1 Å². The Morgan fingerprint density at radius 3 is 3.00 bits per heavy atom. The zero-order chi connectivity index (χ0) is 21.8. The first-order valence-corrected chi connectivity index (χ1v) is 12.5. The van der Waals surface area contributed by atoms with Gasteiger partial charge in [-0.2, -0.15) is 0 Å². The number of rotatable bonds is 8. The molecule has 0 unspecified atom stereocenters. The molecule has 1 N–H and O–H groups in total. The number of benzene rings is 1.